The van der Waals surface area contributed by atoms with Crippen molar-refractivity contribution in [2.45, 2.75) is 6.54 Å². The minimum atomic E-state index is -0.712. The fourth-order valence-corrected chi connectivity index (χ4v) is 2.23. The van der Waals surface area contributed by atoms with Crippen molar-refractivity contribution in [3.8, 4) is 5.75 Å². The number of nitro benzene ring substituents is 1. The molecule has 0 saturated carbocycles. The van der Waals surface area contributed by atoms with Crippen molar-refractivity contribution >= 4 is 17.6 Å². The van der Waals surface area contributed by atoms with Crippen molar-refractivity contribution in [3.63, 3.8) is 0 Å². The summed E-state index contributed by atoms with van der Waals surface area (Å²) in [4.78, 5) is 33.8. The molecule has 2 aromatic rings. The van der Waals surface area contributed by atoms with Gasteiger partial charge in [0.1, 0.15) is 5.75 Å². The topological polar surface area (TPSA) is 98.5 Å². The summed E-state index contributed by atoms with van der Waals surface area (Å²) < 4.78 is 5.27. The van der Waals surface area contributed by atoms with Gasteiger partial charge in [-0.2, -0.15) is 0 Å². The number of fused-ring (bicyclic) bond motifs is 1. The van der Waals surface area contributed by atoms with Gasteiger partial charge in [-0.15, -0.1) is 0 Å². The number of benzene rings is 2. The number of hydrogen-bond acceptors (Lipinski definition) is 5. The van der Waals surface area contributed by atoms with E-state index in [1.165, 1.54) is 18.2 Å². The Hall–Kier alpha value is -3.22. The van der Waals surface area contributed by atoms with Crippen LogP contribution in [0.3, 0.4) is 0 Å². The molecule has 1 amide bonds. The van der Waals surface area contributed by atoms with Crippen LogP contribution in [0.15, 0.2) is 42.5 Å². The Bertz CT molecular complexity index is 800. The van der Waals surface area contributed by atoms with Gasteiger partial charge in [0.2, 0.25) is 0 Å². The molecule has 0 aromatic heterocycles. The van der Waals surface area contributed by atoms with E-state index in [-0.39, 0.29) is 29.5 Å². The smallest absolute Gasteiger partial charge is 0.343 e. The van der Waals surface area contributed by atoms with Gasteiger partial charge in [0, 0.05) is 29.8 Å². The highest BCUT2D eigenvalue weighted by Gasteiger charge is 2.23. The van der Waals surface area contributed by atoms with E-state index >= 15 is 0 Å². The van der Waals surface area contributed by atoms with E-state index < -0.39 is 10.9 Å². The Labute approximate surface area is 124 Å². The standard InChI is InChI=1S/C15H10N2O5/c18-14-11-5-2-6-13(12(11)8-16-14)22-15(19)9-3-1-4-10(7-9)17(20)21/h1-7H,8H2,(H,16,18). The third-order valence-corrected chi connectivity index (χ3v) is 3.30. The highest BCUT2D eigenvalue weighted by Crippen LogP contribution is 2.27. The Morgan fingerprint density at radius 1 is 1.23 bits per heavy atom. The summed E-state index contributed by atoms with van der Waals surface area (Å²) in [6.45, 7) is 0.284. The average molecular weight is 298 g/mol. The van der Waals surface area contributed by atoms with Crippen molar-refractivity contribution in [3.05, 3.63) is 69.3 Å². The lowest BCUT2D eigenvalue weighted by atomic mass is 10.1. The van der Waals surface area contributed by atoms with Crippen LogP contribution in [0, 0.1) is 10.1 Å². The Morgan fingerprint density at radius 3 is 2.77 bits per heavy atom. The van der Waals surface area contributed by atoms with E-state index in [1.54, 1.807) is 18.2 Å². The maximum atomic E-state index is 12.1. The van der Waals surface area contributed by atoms with Gasteiger partial charge in [-0.25, -0.2) is 4.79 Å². The van der Waals surface area contributed by atoms with Gasteiger partial charge in [-0.05, 0) is 18.2 Å². The molecule has 0 unspecified atom stereocenters. The summed E-state index contributed by atoms with van der Waals surface area (Å²) in [5.74, 6) is -0.660. The van der Waals surface area contributed by atoms with Crippen molar-refractivity contribution in [1.29, 1.82) is 0 Å². The molecule has 0 fully saturated rings. The molecule has 0 bridgehead atoms. The SMILES string of the molecule is O=C(Oc1cccc2c1CNC2=O)c1cccc([N+](=O)[O-])c1. The predicted octanol–water partition coefficient (Wildman–Crippen LogP) is 2.06. The highest BCUT2D eigenvalue weighted by atomic mass is 16.6. The molecule has 1 aliphatic heterocycles. The molecule has 1 heterocycles. The molecule has 7 heteroatoms. The van der Waals surface area contributed by atoms with Crippen LogP contribution in [0.2, 0.25) is 0 Å². The predicted molar refractivity (Wildman–Crippen MR) is 75.7 cm³/mol. The first-order valence-electron chi connectivity index (χ1n) is 6.43. The van der Waals surface area contributed by atoms with Gasteiger partial charge < -0.3 is 10.1 Å². The molecular weight excluding hydrogens is 288 g/mol. The minimum Gasteiger partial charge on any atom is -0.423 e. The zero-order chi connectivity index (χ0) is 15.7. The van der Waals surface area contributed by atoms with Gasteiger partial charge in [-0.1, -0.05) is 12.1 Å². The van der Waals surface area contributed by atoms with E-state index in [4.69, 9.17) is 4.74 Å². The molecule has 7 nitrogen and oxygen atoms in total. The largest absolute Gasteiger partial charge is 0.423 e. The summed E-state index contributed by atoms with van der Waals surface area (Å²) in [5.41, 5.74) is 0.948. The van der Waals surface area contributed by atoms with Crippen LogP contribution in [0.1, 0.15) is 26.3 Å². The Kier molecular flexibility index (Phi) is 3.30. The number of non-ortho nitro benzene ring substituents is 1. The van der Waals surface area contributed by atoms with Crippen molar-refractivity contribution in [1.82, 2.24) is 5.32 Å². The molecule has 0 aliphatic carbocycles. The zero-order valence-corrected chi connectivity index (χ0v) is 11.2. The van der Waals surface area contributed by atoms with Crippen LogP contribution >= 0.6 is 0 Å². The molecule has 110 valence electrons. The fourth-order valence-electron chi connectivity index (χ4n) is 2.23. The number of rotatable bonds is 3. The van der Waals surface area contributed by atoms with E-state index in [0.717, 1.165) is 6.07 Å². The van der Waals surface area contributed by atoms with Gasteiger partial charge in [0.15, 0.2) is 0 Å². The zero-order valence-electron chi connectivity index (χ0n) is 11.2. The first-order valence-corrected chi connectivity index (χ1v) is 6.43. The van der Waals surface area contributed by atoms with E-state index in [1.807, 2.05) is 0 Å². The maximum absolute atomic E-state index is 12.1. The third-order valence-electron chi connectivity index (χ3n) is 3.30. The van der Waals surface area contributed by atoms with Crippen LogP contribution in [-0.4, -0.2) is 16.8 Å². The van der Waals surface area contributed by atoms with Crippen LogP contribution in [-0.2, 0) is 6.54 Å². The molecule has 3 rings (SSSR count). The number of ether oxygens (including phenoxy) is 1. The second-order valence-electron chi connectivity index (χ2n) is 4.66. The Balaban J connectivity index is 1.88. The lowest BCUT2D eigenvalue weighted by Gasteiger charge is -2.07. The van der Waals surface area contributed by atoms with Crippen molar-refractivity contribution in [2.75, 3.05) is 0 Å². The lowest BCUT2D eigenvalue weighted by molar-refractivity contribution is -0.384. The molecule has 0 spiro atoms. The normalized spacial score (nSPS) is 12.5. The van der Waals surface area contributed by atoms with Gasteiger partial charge >= 0.3 is 5.97 Å². The number of nitro groups is 1. The van der Waals surface area contributed by atoms with Crippen molar-refractivity contribution < 1.29 is 19.2 Å². The summed E-state index contributed by atoms with van der Waals surface area (Å²) in [7, 11) is 0. The second-order valence-corrected chi connectivity index (χ2v) is 4.66. The molecular formula is C15H10N2O5. The summed E-state index contributed by atoms with van der Waals surface area (Å²) in [6, 6.07) is 10.1. The molecule has 0 saturated heterocycles. The average Bonchev–Trinajstić information content (AvgIpc) is 2.90. The second kappa shape index (κ2) is 5.28. The first kappa shape index (κ1) is 13.7. The Morgan fingerprint density at radius 2 is 2.00 bits per heavy atom. The number of nitrogens with zero attached hydrogens (tertiary/aromatic N) is 1. The highest BCUT2D eigenvalue weighted by molar-refractivity contribution is 5.99. The van der Waals surface area contributed by atoms with E-state index in [2.05, 4.69) is 5.32 Å². The molecule has 22 heavy (non-hydrogen) atoms. The molecule has 2 aromatic carbocycles. The van der Waals surface area contributed by atoms with Crippen LogP contribution in [0.4, 0.5) is 5.69 Å². The van der Waals surface area contributed by atoms with Crippen LogP contribution in [0.25, 0.3) is 0 Å². The molecule has 1 N–H and O–H groups in total. The number of hydrogen-bond donors (Lipinski definition) is 1. The lowest BCUT2D eigenvalue weighted by Crippen LogP contribution is -2.12. The maximum Gasteiger partial charge on any atom is 0.343 e. The number of nitrogens with one attached hydrogen (secondary N) is 1. The number of carbonyl (C=O) groups excluding carboxylic acids is 2. The van der Waals surface area contributed by atoms with E-state index in [0.29, 0.717) is 11.1 Å². The monoisotopic (exact) mass is 298 g/mol. The third kappa shape index (κ3) is 2.39. The van der Waals surface area contributed by atoms with Crippen LogP contribution < -0.4 is 10.1 Å². The van der Waals surface area contributed by atoms with Crippen LogP contribution in [0.5, 0.6) is 5.75 Å². The van der Waals surface area contributed by atoms with Gasteiger partial charge in [0.05, 0.1) is 10.5 Å². The number of amides is 1. The van der Waals surface area contributed by atoms with Gasteiger partial charge in [0.25, 0.3) is 11.6 Å². The number of esters is 1. The number of carbonyl (C=O) groups is 2. The first-order chi connectivity index (χ1) is 10.6. The molecule has 0 atom stereocenters. The quantitative estimate of drug-likeness (QED) is 0.405. The van der Waals surface area contributed by atoms with Gasteiger partial charge in [-0.3, -0.25) is 14.9 Å². The molecule has 0 radical (unpaired) electrons. The molecule has 1 aliphatic rings. The summed E-state index contributed by atoms with van der Waals surface area (Å²) in [5, 5.41) is 13.4. The summed E-state index contributed by atoms with van der Waals surface area (Å²) >= 11 is 0. The minimum absolute atomic E-state index is 0.0732. The van der Waals surface area contributed by atoms with Crippen molar-refractivity contribution in [2.24, 2.45) is 0 Å². The summed E-state index contributed by atoms with van der Waals surface area (Å²) in [6.07, 6.45) is 0. The van der Waals surface area contributed by atoms with E-state index in [9.17, 15) is 19.7 Å². The fraction of sp³-hybridized carbons (Fsp3) is 0.0667.